The summed E-state index contributed by atoms with van der Waals surface area (Å²) in [4.78, 5) is 31.5. The molecule has 3 rings (SSSR count). The van der Waals surface area contributed by atoms with E-state index < -0.39 is 10.9 Å². The Morgan fingerprint density at radius 1 is 1.32 bits per heavy atom. The van der Waals surface area contributed by atoms with Crippen LogP contribution in [0.25, 0.3) is 6.08 Å². The molecule has 1 aliphatic heterocycles. The molecule has 1 aromatic heterocycles. The molecule has 0 saturated carbocycles. The molecular formula is C19H15N3O5S. The zero-order valence-electron chi connectivity index (χ0n) is 14.7. The highest BCUT2D eigenvalue weighted by atomic mass is 32.2. The van der Waals surface area contributed by atoms with Crippen LogP contribution in [0.1, 0.15) is 12.6 Å². The average Bonchev–Trinajstić information content (AvgIpc) is 2.98. The number of nitro benzene ring substituents is 1. The fourth-order valence-electron chi connectivity index (χ4n) is 2.35. The van der Waals surface area contributed by atoms with Crippen LogP contribution in [0.3, 0.4) is 0 Å². The van der Waals surface area contributed by atoms with Crippen molar-refractivity contribution in [3.8, 4) is 0 Å². The minimum atomic E-state index is -0.697. The quantitative estimate of drug-likeness (QED) is 0.457. The van der Waals surface area contributed by atoms with Crippen LogP contribution >= 0.6 is 11.8 Å². The first kappa shape index (κ1) is 19.3. The van der Waals surface area contributed by atoms with Crippen LogP contribution in [0.4, 0.5) is 11.4 Å². The summed E-state index contributed by atoms with van der Waals surface area (Å²) in [5, 5.41) is 21.6. The predicted molar refractivity (Wildman–Crippen MR) is 106 cm³/mol. The van der Waals surface area contributed by atoms with Crippen LogP contribution in [0.2, 0.25) is 0 Å². The van der Waals surface area contributed by atoms with Crippen LogP contribution in [-0.2, 0) is 9.53 Å². The first-order valence-electron chi connectivity index (χ1n) is 8.24. The third kappa shape index (κ3) is 4.26. The Morgan fingerprint density at radius 2 is 2.07 bits per heavy atom. The van der Waals surface area contributed by atoms with Crippen molar-refractivity contribution >= 4 is 40.2 Å². The molecule has 0 amide bonds. The van der Waals surface area contributed by atoms with Crippen LogP contribution < -0.4 is 0 Å². The first-order chi connectivity index (χ1) is 13.5. The molecule has 0 aliphatic carbocycles. The van der Waals surface area contributed by atoms with E-state index >= 15 is 0 Å². The summed E-state index contributed by atoms with van der Waals surface area (Å²) in [6.45, 7) is 1.81. The lowest BCUT2D eigenvalue weighted by molar-refractivity contribution is -0.384. The van der Waals surface area contributed by atoms with Crippen LogP contribution in [0.5, 0.6) is 0 Å². The van der Waals surface area contributed by atoms with Gasteiger partial charge in [-0.15, -0.1) is 0 Å². The molecule has 0 radical (unpaired) electrons. The number of aliphatic hydroxyl groups excluding tert-OH is 1. The van der Waals surface area contributed by atoms with Gasteiger partial charge in [-0.3, -0.25) is 15.1 Å². The highest BCUT2D eigenvalue weighted by Crippen LogP contribution is 2.40. The van der Waals surface area contributed by atoms with Gasteiger partial charge in [-0.25, -0.2) is 9.79 Å². The number of hydrogen-bond acceptors (Lipinski definition) is 8. The number of ether oxygens (including phenoxy) is 1. The molecule has 0 spiro atoms. The normalized spacial score (nSPS) is 16.6. The third-order valence-electron chi connectivity index (χ3n) is 3.63. The highest BCUT2D eigenvalue weighted by molar-refractivity contribution is 8.18. The van der Waals surface area contributed by atoms with Gasteiger partial charge in [0.2, 0.25) is 0 Å². The van der Waals surface area contributed by atoms with E-state index in [2.05, 4.69) is 9.98 Å². The lowest BCUT2D eigenvalue weighted by Gasteiger charge is -2.03. The van der Waals surface area contributed by atoms with E-state index in [1.54, 1.807) is 37.4 Å². The molecule has 0 atom stereocenters. The topological polar surface area (TPSA) is 115 Å². The number of carbonyl (C=O) groups excluding carboxylic acids is 1. The van der Waals surface area contributed by atoms with E-state index in [-0.39, 0.29) is 28.7 Å². The summed E-state index contributed by atoms with van der Waals surface area (Å²) in [6.07, 6.45) is 3.25. The summed E-state index contributed by atoms with van der Waals surface area (Å²) < 4.78 is 5.03. The number of thioether (sulfide) groups is 1. The minimum absolute atomic E-state index is 0.0487. The Hall–Kier alpha value is -3.46. The van der Waals surface area contributed by atoms with Gasteiger partial charge in [-0.1, -0.05) is 17.8 Å². The lowest BCUT2D eigenvalue weighted by atomic mass is 10.2. The maximum atomic E-state index is 12.3. The lowest BCUT2D eigenvalue weighted by Crippen LogP contribution is -2.12. The summed E-state index contributed by atoms with van der Waals surface area (Å²) in [7, 11) is 0. The summed E-state index contributed by atoms with van der Waals surface area (Å²) in [6, 6.07) is 10.9. The average molecular weight is 397 g/mol. The van der Waals surface area contributed by atoms with Gasteiger partial charge in [0.1, 0.15) is 16.4 Å². The van der Waals surface area contributed by atoms with Crippen LogP contribution in [0.15, 0.2) is 69.9 Å². The van der Waals surface area contributed by atoms with Crippen LogP contribution in [0, 0.1) is 10.1 Å². The second kappa shape index (κ2) is 8.49. The van der Waals surface area contributed by atoms with Crippen molar-refractivity contribution in [2.24, 2.45) is 4.99 Å². The van der Waals surface area contributed by atoms with E-state index in [1.807, 2.05) is 0 Å². The molecule has 1 aliphatic rings. The van der Waals surface area contributed by atoms with E-state index in [1.165, 1.54) is 24.3 Å². The van der Waals surface area contributed by atoms with Crippen molar-refractivity contribution in [3.05, 3.63) is 80.7 Å². The van der Waals surface area contributed by atoms with Gasteiger partial charge in [0.05, 0.1) is 27.8 Å². The number of hydrogen-bond donors (Lipinski definition) is 1. The number of nitro groups is 1. The Bertz CT molecular complexity index is 998. The van der Waals surface area contributed by atoms with Gasteiger partial charge in [0.25, 0.3) is 5.69 Å². The fourth-order valence-corrected chi connectivity index (χ4v) is 3.37. The molecule has 0 bridgehead atoms. The summed E-state index contributed by atoms with van der Waals surface area (Å²) >= 11 is 1.09. The zero-order chi connectivity index (χ0) is 20.1. The monoisotopic (exact) mass is 397 g/mol. The Balaban J connectivity index is 2.00. The number of aliphatic imine (C=N–C) groups is 1. The van der Waals surface area contributed by atoms with E-state index in [0.717, 1.165) is 11.8 Å². The van der Waals surface area contributed by atoms with Crippen molar-refractivity contribution in [2.75, 3.05) is 6.61 Å². The largest absolute Gasteiger partial charge is 0.506 e. The molecule has 1 aromatic carbocycles. The van der Waals surface area contributed by atoms with Gasteiger partial charge < -0.3 is 9.84 Å². The number of benzene rings is 1. The molecule has 0 fully saturated rings. The van der Waals surface area contributed by atoms with Crippen LogP contribution in [-0.4, -0.2) is 32.6 Å². The number of non-ortho nitro benzene ring substituents is 1. The third-order valence-corrected chi connectivity index (χ3v) is 4.65. The highest BCUT2D eigenvalue weighted by Gasteiger charge is 2.33. The van der Waals surface area contributed by atoms with Crippen molar-refractivity contribution in [1.82, 2.24) is 4.98 Å². The van der Waals surface area contributed by atoms with E-state index in [0.29, 0.717) is 16.3 Å². The Morgan fingerprint density at radius 3 is 2.68 bits per heavy atom. The molecule has 2 heterocycles. The summed E-state index contributed by atoms with van der Waals surface area (Å²) in [5.41, 5.74) is 0.897. The molecule has 2 aromatic rings. The maximum absolute atomic E-state index is 12.3. The molecule has 142 valence electrons. The number of nitrogens with zero attached hydrogens (tertiary/aromatic N) is 3. The van der Waals surface area contributed by atoms with Crippen molar-refractivity contribution in [1.29, 1.82) is 0 Å². The molecule has 0 saturated heterocycles. The maximum Gasteiger partial charge on any atom is 0.344 e. The number of carbonyl (C=O) groups is 1. The first-order valence-corrected chi connectivity index (χ1v) is 9.06. The molecule has 9 heteroatoms. The number of pyridine rings is 1. The van der Waals surface area contributed by atoms with E-state index in [9.17, 15) is 20.0 Å². The smallest absolute Gasteiger partial charge is 0.344 e. The van der Waals surface area contributed by atoms with E-state index in [4.69, 9.17) is 4.74 Å². The van der Waals surface area contributed by atoms with Crippen molar-refractivity contribution in [3.63, 3.8) is 0 Å². The molecule has 1 N–H and O–H groups in total. The molecular weight excluding hydrogens is 382 g/mol. The van der Waals surface area contributed by atoms with Gasteiger partial charge in [-0.05, 0) is 37.3 Å². The van der Waals surface area contributed by atoms with Crippen molar-refractivity contribution in [2.45, 2.75) is 6.92 Å². The van der Waals surface area contributed by atoms with Gasteiger partial charge in [0, 0.05) is 18.3 Å². The number of aliphatic hydroxyl groups is 1. The SMILES string of the molecule is CCOC(=O)C1=C(O)C(=Cc2ccccn2)SC1=Nc1ccc([N+](=O)[O-])cc1. The zero-order valence-corrected chi connectivity index (χ0v) is 15.5. The predicted octanol–water partition coefficient (Wildman–Crippen LogP) is 4.18. The standard InChI is InChI=1S/C19H15N3O5S/c1-2-27-19(24)16-17(23)15(11-13-5-3-4-10-20-13)28-18(16)21-12-6-8-14(9-7-12)22(25)26/h3-11,23H,2H2,1H3. The molecule has 0 unspecified atom stereocenters. The number of aromatic nitrogens is 1. The van der Waals surface area contributed by atoms with Gasteiger partial charge in [0.15, 0.2) is 0 Å². The van der Waals surface area contributed by atoms with Crippen molar-refractivity contribution < 1.29 is 19.6 Å². The summed E-state index contributed by atoms with van der Waals surface area (Å²) in [5.74, 6) is -0.938. The minimum Gasteiger partial charge on any atom is -0.506 e. The molecule has 8 nitrogen and oxygen atoms in total. The Labute approximate surface area is 164 Å². The Kier molecular flexibility index (Phi) is 5.85. The van der Waals surface area contributed by atoms with Gasteiger partial charge >= 0.3 is 5.97 Å². The molecule has 28 heavy (non-hydrogen) atoms. The fraction of sp³-hybridized carbons (Fsp3) is 0.105. The number of esters is 1. The second-order valence-electron chi connectivity index (χ2n) is 5.50. The second-order valence-corrected chi connectivity index (χ2v) is 6.53. The van der Waals surface area contributed by atoms with Gasteiger partial charge in [-0.2, -0.15) is 0 Å². The number of rotatable bonds is 5.